The number of furan rings is 1. The summed E-state index contributed by atoms with van der Waals surface area (Å²) in [4.78, 5) is 19.7. The first kappa shape index (κ1) is 13.7. The fourth-order valence-electron chi connectivity index (χ4n) is 2.60. The van der Waals surface area contributed by atoms with Gasteiger partial charge in [0.25, 0.3) is 5.56 Å². The first-order valence-electron chi connectivity index (χ1n) is 7.32. The summed E-state index contributed by atoms with van der Waals surface area (Å²) in [5, 5.41) is 5.02. The Hall–Kier alpha value is -1.99. The second kappa shape index (κ2) is 5.33. The van der Waals surface area contributed by atoms with Gasteiger partial charge in [-0.05, 0) is 31.9 Å². The highest BCUT2D eigenvalue weighted by Gasteiger charge is 2.30. The molecule has 114 valence electrons. The molecule has 0 atom stereocenters. The van der Waals surface area contributed by atoms with Crippen molar-refractivity contribution in [1.82, 2.24) is 19.5 Å². The molecule has 1 aliphatic rings. The molecule has 1 saturated carbocycles. The van der Waals surface area contributed by atoms with E-state index in [1.165, 1.54) is 28.7 Å². The lowest BCUT2D eigenvalue weighted by Crippen LogP contribution is -2.27. The summed E-state index contributed by atoms with van der Waals surface area (Å²) in [5.74, 6) is 0.943. The van der Waals surface area contributed by atoms with Gasteiger partial charge in [0.2, 0.25) is 4.96 Å². The average Bonchev–Trinajstić information content (AvgIpc) is 3.07. The molecule has 3 heterocycles. The van der Waals surface area contributed by atoms with Crippen molar-refractivity contribution < 1.29 is 4.42 Å². The van der Waals surface area contributed by atoms with Crippen LogP contribution in [0.1, 0.15) is 29.3 Å². The summed E-state index contributed by atoms with van der Waals surface area (Å²) in [6, 6.07) is 6.03. The van der Waals surface area contributed by atoms with Crippen molar-refractivity contribution in [2.75, 3.05) is 0 Å². The largest absolute Gasteiger partial charge is 0.468 e. The van der Waals surface area contributed by atoms with Crippen LogP contribution in [0.5, 0.6) is 0 Å². The average molecular weight is 316 g/mol. The molecular weight excluding hydrogens is 300 g/mol. The van der Waals surface area contributed by atoms with Crippen molar-refractivity contribution >= 4 is 16.3 Å². The van der Waals surface area contributed by atoms with Gasteiger partial charge in [-0.1, -0.05) is 11.3 Å². The van der Waals surface area contributed by atoms with E-state index in [1.807, 2.05) is 19.1 Å². The van der Waals surface area contributed by atoms with Crippen LogP contribution < -0.4 is 5.56 Å². The van der Waals surface area contributed by atoms with E-state index in [2.05, 4.69) is 15.0 Å². The quantitative estimate of drug-likeness (QED) is 0.722. The van der Waals surface area contributed by atoms with Crippen molar-refractivity contribution in [3.8, 4) is 0 Å². The molecule has 0 saturated heterocycles. The van der Waals surface area contributed by atoms with Crippen LogP contribution in [0, 0.1) is 6.92 Å². The molecule has 7 heteroatoms. The first-order chi connectivity index (χ1) is 10.7. The molecule has 0 radical (unpaired) electrons. The van der Waals surface area contributed by atoms with Crippen LogP contribution in [-0.2, 0) is 13.1 Å². The summed E-state index contributed by atoms with van der Waals surface area (Å²) < 4.78 is 6.81. The molecule has 1 aliphatic carbocycles. The monoisotopic (exact) mass is 316 g/mol. The minimum atomic E-state index is -0.113. The maximum Gasteiger partial charge on any atom is 0.275 e. The van der Waals surface area contributed by atoms with Crippen LogP contribution in [-0.4, -0.2) is 25.5 Å². The van der Waals surface area contributed by atoms with Crippen molar-refractivity contribution in [2.24, 2.45) is 0 Å². The van der Waals surface area contributed by atoms with Gasteiger partial charge >= 0.3 is 0 Å². The molecule has 0 aromatic carbocycles. The van der Waals surface area contributed by atoms with Gasteiger partial charge in [-0.2, -0.15) is 9.61 Å². The van der Waals surface area contributed by atoms with Gasteiger partial charge < -0.3 is 4.42 Å². The van der Waals surface area contributed by atoms with Gasteiger partial charge in [-0.25, -0.2) is 4.98 Å². The summed E-state index contributed by atoms with van der Waals surface area (Å²) in [7, 11) is 0. The molecule has 0 spiro atoms. The van der Waals surface area contributed by atoms with E-state index in [9.17, 15) is 4.79 Å². The summed E-state index contributed by atoms with van der Waals surface area (Å²) in [6.07, 6.45) is 4.08. The van der Waals surface area contributed by atoms with E-state index in [0.29, 0.717) is 17.5 Å². The zero-order valence-corrected chi connectivity index (χ0v) is 13.0. The van der Waals surface area contributed by atoms with Crippen molar-refractivity contribution in [3.63, 3.8) is 0 Å². The highest BCUT2D eigenvalue weighted by atomic mass is 32.1. The van der Waals surface area contributed by atoms with Crippen LogP contribution in [0.3, 0.4) is 0 Å². The van der Waals surface area contributed by atoms with Gasteiger partial charge in [0.15, 0.2) is 0 Å². The predicted molar refractivity (Wildman–Crippen MR) is 82.8 cm³/mol. The molecule has 0 amide bonds. The lowest BCUT2D eigenvalue weighted by molar-refractivity contribution is 0.222. The normalized spacial score (nSPS) is 15.0. The number of hydrogen-bond acceptors (Lipinski definition) is 6. The van der Waals surface area contributed by atoms with Crippen LogP contribution in [0.25, 0.3) is 4.96 Å². The van der Waals surface area contributed by atoms with E-state index in [-0.39, 0.29) is 5.56 Å². The third-order valence-electron chi connectivity index (χ3n) is 3.77. The maximum atomic E-state index is 12.1. The number of aromatic nitrogens is 3. The smallest absolute Gasteiger partial charge is 0.275 e. The molecule has 6 nitrogen and oxygen atoms in total. The Morgan fingerprint density at radius 1 is 1.45 bits per heavy atom. The Kier molecular flexibility index (Phi) is 3.31. The van der Waals surface area contributed by atoms with E-state index < -0.39 is 0 Å². The summed E-state index contributed by atoms with van der Waals surface area (Å²) in [5.41, 5.74) is 0.685. The highest BCUT2D eigenvalue weighted by molar-refractivity contribution is 7.16. The number of rotatable bonds is 5. The molecule has 0 bridgehead atoms. The van der Waals surface area contributed by atoms with Crippen molar-refractivity contribution in [1.29, 1.82) is 0 Å². The lowest BCUT2D eigenvalue weighted by Gasteiger charge is -2.20. The molecule has 4 rings (SSSR count). The van der Waals surface area contributed by atoms with Crippen LogP contribution >= 0.6 is 11.3 Å². The minimum absolute atomic E-state index is 0.113. The Morgan fingerprint density at radius 2 is 2.32 bits per heavy atom. The third kappa shape index (κ3) is 2.69. The Labute approximate surface area is 131 Å². The number of fused-ring (bicyclic) bond motifs is 1. The lowest BCUT2D eigenvalue weighted by atomic mass is 10.3. The number of hydrogen-bond donors (Lipinski definition) is 0. The molecule has 3 aromatic heterocycles. The Bertz CT molecular complexity index is 848. The number of aryl methyl sites for hydroxylation is 1. The van der Waals surface area contributed by atoms with Gasteiger partial charge in [0.05, 0.1) is 18.5 Å². The molecule has 1 fully saturated rings. The maximum absolute atomic E-state index is 12.1. The molecular formula is C15H16N4O2S. The summed E-state index contributed by atoms with van der Waals surface area (Å²) >= 11 is 1.44. The third-order valence-corrected chi connectivity index (χ3v) is 4.59. The number of nitrogens with zero attached hydrogens (tertiary/aromatic N) is 4. The second-order valence-electron chi connectivity index (χ2n) is 5.62. The minimum Gasteiger partial charge on any atom is -0.468 e. The zero-order valence-electron chi connectivity index (χ0n) is 12.2. The fraction of sp³-hybridized carbons (Fsp3) is 0.400. The predicted octanol–water partition coefficient (Wildman–Crippen LogP) is 2.22. The van der Waals surface area contributed by atoms with Crippen LogP contribution in [0.2, 0.25) is 0 Å². The standard InChI is InChI=1S/C15H16N4O2S/c1-10-17-19-14(20)7-11(16-15(19)22-10)8-18(12-4-5-12)9-13-3-2-6-21-13/h2-3,6-7,12H,4-5,8-9H2,1H3. The van der Waals surface area contributed by atoms with Gasteiger partial charge in [-0.15, -0.1) is 0 Å². The van der Waals surface area contributed by atoms with E-state index in [1.54, 1.807) is 12.3 Å². The molecule has 0 aliphatic heterocycles. The van der Waals surface area contributed by atoms with E-state index in [4.69, 9.17) is 4.42 Å². The fourth-order valence-corrected chi connectivity index (χ4v) is 3.36. The highest BCUT2D eigenvalue weighted by Crippen LogP contribution is 2.29. The topological polar surface area (TPSA) is 63.6 Å². The molecule has 22 heavy (non-hydrogen) atoms. The van der Waals surface area contributed by atoms with Crippen molar-refractivity contribution in [2.45, 2.75) is 38.9 Å². The van der Waals surface area contributed by atoms with Crippen LogP contribution in [0.4, 0.5) is 0 Å². The van der Waals surface area contributed by atoms with Gasteiger partial charge in [0, 0.05) is 18.7 Å². The molecule has 3 aromatic rings. The first-order valence-corrected chi connectivity index (χ1v) is 8.13. The Morgan fingerprint density at radius 3 is 3.05 bits per heavy atom. The Balaban J connectivity index is 1.61. The van der Waals surface area contributed by atoms with E-state index in [0.717, 1.165) is 23.0 Å². The molecule has 0 unspecified atom stereocenters. The van der Waals surface area contributed by atoms with Gasteiger partial charge in [-0.3, -0.25) is 9.69 Å². The van der Waals surface area contributed by atoms with Gasteiger partial charge in [0.1, 0.15) is 10.8 Å². The van der Waals surface area contributed by atoms with E-state index >= 15 is 0 Å². The summed E-state index contributed by atoms with van der Waals surface area (Å²) in [6.45, 7) is 3.29. The second-order valence-corrected chi connectivity index (χ2v) is 6.78. The SMILES string of the molecule is Cc1nn2c(=O)cc(CN(Cc3ccco3)C3CC3)nc2s1. The zero-order chi connectivity index (χ0) is 15.1. The molecule has 0 N–H and O–H groups in total. The van der Waals surface area contributed by atoms with Crippen LogP contribution in [0.15, 0.2) is 33.7 Å². The van der Waals surface area contributed by atoms with Crippen molar-refractivity contribution in [3.05, 3.63) is 51.3 Å².